The SMILES string of the molecule is Cn1ccc(CC(=O)N2C[C@@H]3CCN(Cc4cccnc4)C(=O)[C@H]3C2)n1. The van der Waals surface area contributed by atoms with E-state index in [1.165, 1.54) is 0 Å². The first kappa shape index (κ1) is 16.8. The fourth-order valence-electron chi connectivity index (χ4n) is 4.01. The van der Waals surface area contributed by atoms with Crippen molar-refractivity contribution in [3.05, 3.63) is 48.0 Å². The highest BCUT2D eigenvalue weighted by atomic mass is 16.2. The van der Waals surface area contributed by atoms with Crippen molar-refractivity contribution in [2.45, 2.75) is 19.4 Å². The zero-order valence-corrected chi connectivity index (χ0v) is 14.9. The van der Waals surface area contributed by atoms with Crippen LogP contribution >= 0.6 is 0 Å². The number of carbonyl (C=O) groups excluding carboxylic acids is 2. The van der Waals surface area contributed by atoms with Crippen LogP contribution in [0.25, 0.3) is 0 Å². The molecular formula is C19H23N5O2. The second-order valence-electron chi connectivity index (χ2n) is 7.23. The normalized spacial score (nSPS) is 22.6. The van der Waals surface area contributed by atoms with Gasteiger partial charge in [-0.3, -0.25) is 19.3 Å². The fraction of sp³-hybridized carbons (Fsp3) is 0.474. The van der Waals surface area contributed by atoms with Gasteiger partial charge in [0.1, 0.15) is 0 Å². The van der Waals surface area contributed by atoms with Gasteiger partial charge in [0, 0.05) is 51.8 Å². The summed E-state index contributed by atoms with van der Waals surface area (Å²) in [5, 5.41) is 4.27. The van der Waals surface area contributed by atoms with E-state index in [1.54, 1.807) is 17.1 Å². The fourth-order valence-corrected chi connectivity index (χ4v) is 4.01. The summed E-state index contributed by atoms with van der Waals surface area (Å²) in [5.74, 6) is 0.427. The lowest BCUT2D eigenvalue weighted by atomic mass is 9.88. The molecule has 2 amide bonds. The molecule has 4 heterocycles. The lowest BCUT2D eigenvalue weighted by molar-refractivity contribution is -0.140. The van der Waals surface area contributed by atoms with E-state index in [1.807, 2.05) is 41.2 Å². The standard InChI is InChI=1S/C19H23N5O2/c1-22-7-5-16(21-22)9-18(25)24-12-15-4-8-23(19(26)17(15)13-24)11-14-3-2-6-20-10-14/h2-3,5-7,10,15,17H,4,8-9,11-13H2,1H3/t15-,17-/m0/s1. The molecule has 2 aliphatic rings. The highest BCUT2D eigenvalue weighted by molar-refractivity contribution is 5.84. The van der Waals surface area contributed by atoms with Crippen LogP contribution < -0.4 is 0 Å². The predicted octanol–water partition coefficient (Wildman–Crippen LogP) is 0.865. The van der Waals surface area contributed by atoms with Gasteiger partial charge in [0.15, 0.2) is 0 Å². The number of aryl methyl sites for hydroxylation is 1. The summed E-state index contributed by atoms with van der Waals surface area (Å²) in [7, 11) is 1.84. The lowest BCUT2D eigenvalue weighted by Crippen LogP contribution is -2.44. The minimum atomic E-state index is -0.0758. The van der Waals surface area contributed by atoms with Crippen molar-refractivity contribution >= 4 is 11.8 Å². The smallest absolute Gasteiger partial charge is 0.228 e. The van der Waals surface area contributed by atoms with Crippen molar-refractivity contribution in [1.29, 1.82) is 0 Å². The second-order valence-corrected chi connectivity index (χ2v) is 7.23. The molecule has 2 aromatic heterocycles. The summed E-state index contributed by atoms with van der Waals surface area (Å²) in [6.45, 7) is 2.55. The van der Waals surface area contributed by atoms with E-state index >= 15 is 0 Å². The van der Waals surface area contributed by atoms with E-state index in [0.29, 0.717) is 26.1 Å². The van der Waals surface area contributed by atoms with Crippen LogP contribution in [0.1, 0.15) is 17.7 Å². The predicted molar refractivity (Wildman–Crippen MR) is 94.7 cm³/mol. The molecule has 2 aliphatic heterocycles. The summed E-state index contributed by atoms with van der Waals surface area (Å²) in [6.07, 6.45) is 6.63. The van der Waals surface area contributed by atoms with Gasteiger partial charge in [-0.2, -0.15) is 5.10 Å². The molecule has 2 saturated heterocycles. The Labute approximate surface area is 152 Å². The number of hydrogen-bond donors (Lipinski definition) is 0. The first-order valence-electron chi connectivity index (χ1n) is 9.04. The van der Waals surface area contributed by atoms with Crippen molar-refractivity contribution < 1.29 is 9.59 Å². The minimum Gasteiger partial charge on any atom is -0.341 e. The van der Waals surface area contributed by atoms with Crippen LogP contribution in [0.15, 0.2) is 36.8 Å². The molecule has 0 radical (unpaired) electrons. The first-order chi connectivity index (χ1) is 12.6. The molecule has 0 N–H and O–H groups in total. The van der Waals surface area contributed by atoms with Crippen LogP contribution in [0.4, 0.5) is 0 Å². The Morgan fingerprint density at radius 1 is 1.31 bits per heavy atom. The Morgan fingerprint density at radius 3 is 2.92 bits per heavy atom. The third-order valence-corrected chi connectivity index (χ3v) is 5.39. The quantitative estimate of drug-likeness (QED) is 0.818. The summed E-state index contributed by atoms with van der Waals surface area (Å²) < 4.78 is 1.70. The van der Waals surface area contributed by atoms with Crippen LogP contribution in [0, 0.1) is 11.8 Å². The number of likely N-dealkylation sites (tertiary alicyclic amines) is 2. The Hall–Kier alpha value is -2.70. The molecule has 0 bridgehead atoms. The molecule has 2 atom stereocenters. The van der Waals surface area contributed by atoms with Crippen LogP contribution in [-0.4, -0.2) is 56.0 Å². The number of aromatic nitrogens is 3. The largest absolute Gasteiger partial charge is 0.341 e. The molecule has 26 heavy (non-hydrogen) atoms. The molecule has 0 aliphatic carbocycles. The number of rotatable bonds is 4. The Bertz CT molecular complexity index is 803. The van der Waals surface area contributed by atoms with Crippen LogP contribution in [-0.2, 0) is 29.6 Å². The number of amides is 2. The molecule has 0 spiro atoms. The van der Waals surface area contributed by atoms with Crippen LogP contribution in [0.5, 0.6) is 0 Å². The van der Waals surface area contributed by atoms with Gasteiger partial charge in [-0.05, 0) is 30.0 Å². The Morgan fingerprint density at radius 2 is 2.19 bits per heavy atom. The number of hydrogen-bond acceptors (Lipinski definition) is 4. The zero-order chi connectivity index (χ0) is 18.1. The highest BCUT2D eigenvalue weighted by Crippen LogP contribution is 2.33. The molecular weight excluding hydrogens is 330 g/mol. The molecule has 2 fully saturated rings. The van der Waals surface area contributed by atoms with Crippen molar-refractivity contribution in [2.75, 3.05) is 19.6 Å². The van der Waals surface area contributed by atoms with E-state index in [0.717, 1.165) is 24.2 Å². The highest BCUT2D eigenvalue weighted by Gasteiger charge is 2.44. The van der Waals surface area contributed by atoms with E-state index in [-0.39, 0.29) is 23.7 Å². The second kappa shape index (κ2) is 6.90. The number of piperidine rings is 1. The van der Waals surface area contributed by atoms with E-state index < -0.39 is 0 Å². The van der Waals surface area contributed by atoms with Gasteiger partial charge in [0.05, 0.1) is 18.0 Å². The van der Waals surface area contributed by atoms with Gasteiger partial charge in [-0.15, -0.1) is 0 Å². The van der Waals surface area contributed by atoms with Gasteiger partial charge in [-0.1, -0.05) is 6.07 Å². The third kappa shape index (κ3) is 3.34. The van der Waals surface area contributed by atoms with Crippen LogP contribution in [0.3, 0.4) is 0 Å². The molecule has 2 aromatic rings. The molecule has 0 unspecified atom stereocenters. The maximum atomic E-state index is 12.9. The maximum absolute atomic E-state index is 12.9. The zero-order valence-electron chi connectivity index (χ0n) is 14.9. The van der Waals surface area contributed by atoms with Crippen LogP contribution in [0.2, 0.25) is 0 Å². The average Bonchev–Trinajstić information content (AvgIpc) is 3.25. The monoisotopic (exact) mass is 353 g/mol. The summed E-state index contributed by atoms with van der Waals surface area (Å²) in [5.41, 5.74) is 1.82. The van der Waals surface area contributed by atoms with E-state index in [9.17, 15) is 9.59 Å². The van der Waals surface area contributed by atoms with E-state index in [4.69, 9.17) is 0 Å². The van der Waals surface area contributed by atoms with Gasteiger partial charge in [0.2, 0.25) is 11.8 Å². The van der Waals surface area contributed by atoms with Gasteiger partial charge < -0.3 is 9.80 Å². The summed E-state index contributed by atoms with van der Waals surface area (Å²) in [6, 6.07) is 5.74. The number of carbonyl (C=O) groups is 2. The molecule has 0 aromatic carbocycles. The van der Waals surface area contributed by atoms with Gasteiger partial charge in [-0.25, -0.2) is 0 Å². The third-order valence-electron chi connectivity index (χ3n) is 5.39. The Balaban J connectivity index is 1.38. The van der Waals surface area contributed by atoms with Crippen molar-refractivity contribution in [1.82, 2.24) is 24.6 Å². The van der Waals surface area contributed by atoms with Crippen molar-refractivity contribution in [3.8, 4) is 0 Å². The number of nitrogens with zero attached hydrogens (tertiary/aromatic N) is 5. The topological polar surface area (TPSA) is 71.3 Å². The van der Waals surface area contributed by atoms with Crippen molar-refractivity contribution in [2.24, 2.45) is 18.9 Å². The lowest BCUT2D eigenvalue weighted by Gasteiger charge is -2.33. The summed E-state index contributed by atoms with van der Waals surface area (Å²) >= 11 is 0. The molecule has 7 heteroatoms. The molecule has 7 nitrogen and oxygen atoms in total. The van der Waals surface area contributed by atoms with Gasteiger partial charge >= 0.3 is 0 Å². The average molecular weight is 353 g/mol. The van der Waals surface area contributed by atoms with Crippen molar-refractivity contribution in [3.63, 3.8) is 0 Å². The summed E-state index contributed by atoms with van der Waals surface area (Å²) in [4.78, 5) is 33.4. The maximum Gasteiger partial charge on any atom is 0.228 e. The van der Waals surface area contributed by atoms with E-state index in [2.05, 4.69) is 10.1 Å². The number of pyridine rings is 1. The van der Waals surface area contributed by atoms with Gasteiger partial charge in [0.25, 0.3) is 0 Å². The molecule has 4 rings (SSSR count). The minimum absolute atomic E-state index is 0.0599. The molecule has 136 valence electrons. The number of fused-ring (bicyclic) bond motifs is 1. The Kier molecular flexibility index (Phi) is 4.44. The molecule has 0 saturated carbocycles. The first-order valence-corrected chi connectivity index (χ1v) is 9.04.